The molecule has 0 aliphatic heterocycles. The Bertz CT molecular complexity index is 1280. The Balaban J connectivity index is 4.05. The zero-order valence-corrected chi connectivity index (χ0v) is 56.1. The number of hydrogen-bond acceptors (Lipinski definition) is 6. The van der Waals surface area contributed by atoms with E-state index in [9.17, 15) is 14.4 Å². The summed E-state index contributed by atoms with van der Waals surface area (Å²) < 4.78 is 17.0. The molecule has 1 unspecified atom stereocenters. The topological polar surface area (TPSA) is 78.9 Å². The molecule has 0 fully saturated rings. The SMILES string of the molecule is CCCCCC/C=C\CCCCCCCC(=O)OCC(COC(=O)CCCCCCCCCCCCCCCCCCCCCCCCCCCCCCCCCCCC)OC(=O)CCCCCCCCCCCCCCCCCCC. The normalized spacial score (nSPS) is 12.0. The number of allylic oxidation sites excluding steroid dienone is 2. The minimum atomic E-state index is -0.770. The fourth-order valence-corrected chi connectivity index (χ4v) is 11.9. The van der Waals surface area contributed by atoms with Crippen LogP contribution in [0.1, 0.15) is 438 Å². The molecule has 0 radical (unpaired) electrons. The van der Waals surface area contributed by atoms with Gasteiger partial charge >= 0.3 is 17.9 Å². The van der Waals surface area contributed by atoms with Crippen molar-refractivity contribution in [2.75, 3.05) is 13.2 Å². The molecule has 486 valence electrons. The summed E-state index contributed by atoms with van der Waals surface area (Å²) >= 11 is 0. The van der Waals surface area contributed by atoms with E-state index in [0.717, 1.165) is 64.2 Å². The van der Waals surface area contributed by atoms with E-state index in [1.807, 2.05) is 0 Å². The maximum Gasteiger partial charge on any atom is 0.306 e. The second kappa shape index (κ2) is 71.6. The van der Waals surface area contributed by atoms with Crippen LogP contribution in [0.25, 0.3) is 0 Å². The number of hydrogen-bond donors (Lipinski definition) is 0. The molecule has 0 spiro atoms. The van der Waals surface area contributed by atoms with E-state index in [1.165, 1.54) is 334 Å². The van der Waals surface area contributed by atoms with E-state index in [-0.39, 0.29) is 31.1 Å². The van der Waals surface area contributed by atoms with Gasteiger partial charge in [-0.25, -0.2) is 0 Å². The van der Waals surface area contributed by atoms with Gasteiger partial charge in [0.25, 0.3) is 0 Å². The van der Waals surface area contributed by atoms with Crippen molar-refractivity contribution < 1.29 is 28.6 Å². The van der Waals surface area contributed by atoms with Crippen LogP contribution in [0.3, 0.4) is 0 Å². The first kappa shape index (κ1) is 80.2. The second-order valence-corrected chi connectivity index (χ2v) is 25.9. The number of carbonyl (C=O) groups excluding carboxylic acids is 3. The van der Waals surface area contributed by atoms with Crippen molar-refractivity contribution in [3.63, 3.8) is 0 Å². The standard InChI is InChI=1S/C76H146O6/c1-4-7-10-13-16-19-22-25-27-29-30-31-32-33-34-35-36-37-38-39-40-41-42-43-44-45-47-48-51-54-57-60-63-66-69-75(78)81-72-73(71-80-74(77)68-65-62-59-56-53-50-24-21-18-15-12-9-6-3)82-76(79)70-67-64-61-58-55-52-49-46-28-26-23-20-17-14-11-8-5-2/h21,24,73H,4-20,22-23,25-72H2,1-3H3/b24-21-. The molecule has 82 heavy (non-hydrogen) atoms. The Hall–Kier alpha value is -1.85. The Morgan fingerprint density at radius 2 is 0.402 bits per heavy atom. The van der Waals surface area contributed by atoms with Crippen LogP contribution >= 0.6 is 0 Å². The van der Waals surface area contributed by atoms with Crippen LogP contribution < -0.4 is 0 Å². The molecule has 0 rings (SSSR count). The molecule has 0 amide bonds. The second-order valence-electron chi connectivity index (χ2n) is 25.9. The zero-order chi connectivity index (χ0) is 59.2. The summed E-state index contributed by atoms with van der Waals surface area (Å²) in [6.07, 6.45) is 87.1. The van der Waals surface area contributed by atoms with E-state index < -0.39 is 6.10 Å². The highest BCUT2D eigenvalue weighted by Crippen LogP contribution is 2.20. The number of unbranched alkanes of at least 4 members (excludes halogenated alkanes) is 58. The monoisotopic (exact) mass is 1160 g/mol. The molecular weight excluding hydrogens is 1010 g/mol. The maximum atomic E-state index is 12.9. The van der Waals surface area contributed by atoms with Crippen LogP contribution in [0.4, 0.5) is 0 Å². The highest BCUT2D eigenvalue weighted by molar-refractivity contribution is 5.71. The van der Waals surface area contributed by atoms with Crippen LogP contribution in [0.5, 0.6) is 0 Å². The lowest BCUT2D eigenvalue weighted by molar-refractivity contribution is -0.167. The summed E-state index contributed by atoms with van der Waals surface area (Å²) in [5.74, 6) is -0.840. The van der Waals surface area contributed by atoms with Crippen molar-refractivity contribution in [1.29, 1.82) is 0 Å². The predicted molar refractivity (Wildman–Crippen MR) is 358 cm³/mol. The van der Waals surface area contributed by atoms with Gasteiger partial charge in [0.05, 0.1) is 0 Å². The maximum absolute atomic E-state index is 12.9. The lowest BCUT2D eigenvalue weighted by atomic mass is 10.0. The average Bonchev–Trinajstić information content (AvgIpc) is 3.47. The average molecular weight is 1160 g/mol. The van der Waals surface area contributed by atoms with Crippen molar-refractivity contribution in [3.8, 4) is 0 Å². The number of rotatable bonds is 71. The molecule has 0 aromatic heterocycles. The van der Waals surface area contributed by atoms with Gasteiger partial charge in [-0.15, -0.1) is 0 Å². The molecule has 0 saturated heterocycles. The van der Waals surface area contributed by atoms with Gasteiger partial charge in [0.1, 0.15) is 13.2 Å². The van der Waals surface area contributed by atoms with Gasteiger partial charge in [-0.3, -0.25) is 14.4 Å². The van der Waals surface area contributed by atoms with Crippen LogP contribution in [-0.4, -0.2) is 37.2 Å². The molecule has 6 nitrogen and oxygen atoms in total. The van der Waals surface area contributed by atoms with E-state index >= 15 is 0 Å². The van der Waals surface area contributed by atoms with Crippen LogP contribution in [0, 0.1) is 0 Å². The van der Waals surface area contributed by atoms with Crippen LogP contribution in [0.2, 0.25) is 0 Å². The molecule has 0 aromatic rings. The third-order valence-electron chi connectivity index (χ3n) is 17.5. The van der Waals surface area contributed by atoms with Crippen molar-refractivity contribution in [2.24, 2.45) is 0 Å². The first-order chi connectivity index (χ1) is 40.5. The minimum absolute atomic E-state index is 0.0657. The fraction of sp³-hybridized carbons (Fsp3) is 0.934. The summed E-state index contributed by atoms with van der Waals surface area (Å²) in [4.78, 5) is 38.4. The number of esters is 3. The van der Waals surface area contributed by atoms with E-state index in [1.54, 1.807) is 0 Å². The quantitative estimate of drug-likeness (QED) is 0.0261. The summed E-state index contributed by atoms with van der Waals surface area (Å²) in [7, 11) is 0. The largest absolute Gasteiger partial charge is 0.462 e. The molecule has 0 aliphatic carbocycles. The molecule has 0 N–H and O–H groups in total. The van der Waals surface area contributed by atoms with Crippen LogP contribution in [-0.2, 0) is 28.6 Å². The Morgan fingerprint density at radius 1 is 0.232 bits per heavy atom. The molecule has 0 saturated carbocycles. The lowest BCUT2D eigenvalue weighted by Gasteiger charge is -2.18. The van der Waals surface area contributed by atoms with Gasteiger partial charge in [-0.05, 0) is 44.9 Å². The number of carbonyl (C=O) groups is 3. The molecule has 0 aliphatic rings. The first-order valence-electron chi connectivity index (χ1n) is 37.7. The number of ether oxygens (including phenoxy) is 3. The highest BCUT2D eigenvalue weighted by Gasteiger charge is 2.20. The third kappa shape index (κ3) is 68.9. The zero-order valence-electron chi connectivity index (χ0n) is 56.1. The highest BCUT2D eigenvalue weighted by atomic mass is 16.6. The Kier molecular flexibility index (Phi) is 70.0. The molecule has 0 aromatic carbocycles. The Morgan fingerprint density at radius 3 is 0.622 bits per heavy atom. The van der Waals surface area contributed by atoms with Gasteiger partial charge in [0, 0.05) is 19.3 Å². The van der Waals surface area contributed by atoms with Crippen molar-refractivity contribution in [1.82, 2.24) is 0 Å². The van der Waals surface area contributed by atoms with E-state index in [2.05, 4.69) is 32.9 Å². The van der Waals surface area contributed by atoms with Crippen molar-refractivity contribution in [2.45, 2.75) is 444 Å². The van der Waals surface area contributed by atoms with Gasteiger partial charge in [-0.2, -0.15) is 0 Å². The van der Waals surface area contributed by atoms with Gasteiger partial charge < -0.3 is 14.2 Å². The molecule has 0 bridgehead atoms. The summed E-state index contributed by atoms with van der Waals surface area (Å²) in [6.45, 7) is 6.71. The summed E-state index contributed by atoms with van der Waals surface area (Å²) in [5, 5.41) is 0. The smallest absolute Gasteiger partial charge is 0.306 e. The predicted octanol–water partition coefficient (Wildman–Crippen LogP) is 26.0. The first-order valence-corrected chi connectivity index (χ1v) is 37.7. The van der Waals surface area contributed by atoms with Gasteiger partial charge in [-0.1, -0.05) is 386 Å². The van der Waals surface area contributed by atoms with Gasteiger partial charge in [0.15, 0.2) is 6.10 Å². The lowest BCUT2D eigenvalue weighted by Crippen LogP contribution is -2.30. The minimum Gasteiger partial charge on any atom is -0.462 e. The third-order valence-corrected chi connectivity index (χ3v) is 17.5. The Labute approximate surface area is 513 Å². The summed E-state index contributed by atoms with van der Waals surface area (Å²) in [5.41, 5.74) is 0. The molecule has 6 heteroatoms. The molecular formula is C76H146O6. The molecule has 0 heterocycles. The van der Waals surface area contributed by atoms with E-state index in [0.29, 0.717) is 19.3 Å². The summed E-state index contributed by atoms with van der Waals surface area (Å²) in [6, 6.07) is 0. The van der Waals surface area contributed by atoms with Crippen molar-refractivity contribution in [3.05, 3.63) is 12.2 Å². The van der Waals surface area contributed by atoms with Crippen LogP contribution in [0.15, 0.2) is 12.2 Å². The van der Waals surface area contributed by atoms with Gasteiger partial charge in [0.2, 0.25) is 0 Å². The fourth-order valence-electron chi connectivity index (χ4n) is 11.9. The van der Waals surface area contributed by atoms with E-state index in [4.69, 9.17) is 14.2 Å². The van der Waals surface area contributed by atoms with Crippen molar-refractivity contribution >= 4 is 17.9 Å². The molecule has 1 atom stereocenters.